The molecular formula is C18H23N5O2. The maximum Gasteiger partial charge on any atom is 0.254 e. The fourth-order valence-electron chi connectivity index (χ4n) is 4.17. The third kappa shape index (κ3) is 2.77. The minimum absolute atomic E-state index is 0.0350. The van der Waals surface area contributed by atoms with Crippen LogP contribution in [-0.4, -0.2) is 42.4 Å². The number of aromatic amines is 1. The van der Waals surface area contributed by atoms with Crippen LogP contribution in [0.3, 0.4) is 0 Å². The predicted molar refractivity (Wildman–Crippen MR) is 92.3 cm³/mol. The molecule has 7 heteroatoms. The van der Waals surface area contributed by atoms with Gasteiger partial charge in [0.2, 0.25) is 5.91 Å². The van der Waals surface area contributed by atoms with E-state index in [1.807, 2.05) is 29.5 Å². The highest BCUT2D eigenvalue weighted by Gasteiger charge is 2.40. The Labute approximate surface area is 146 Å². The number of nitrogens with zero attached hydrogens (tertiary/aromatic N) is 4. The van der Waals surface area contributed by atoms with Crippen LogP contribution in [-0.2, 0) is 30.6 Å². The zero-order valence-electron chi connectivity index (χ0n) is 14.7. The summed E-state index contributed by atoms with van der Waals surface area (Å²) in [5.41, 5.74) is 1.61. The number of hydrogen-bond acceptors (Lipinski definition) is 4. The number of nitrogens with one attached hydrogen (secondary N) is 1. The van der Waals surface area contributed by atoms with E-state index < -0.39 is 0 Å². The van der Waals surface area contributed by atoms with Gasteiger partial charge in [0.15, 0.2) is 0 Å². The first-order valence-corrected chi connectivity index (χ1v) is 8.96. The maximum absolute atomic E-state index is 13.0. The Hall–Kier alpha value is -2.44. The summed E-state index contributed by atoms with van der Waals surface area (Å²) in [4.78, 5) is 39.1. The standard InChI is InChI=1S/C18H23N5O2/c1-3-16-20-15-9-13-5-4-12(8-14(15)18(25)21-16)23(13)17(24)10-22-7-6-19-11(22)2/h6-7,12-13H,3-5,8-10H2,1-2H3,(H,20,21,25)/t12-,13+/m1/s1. The molecule has 25 heavy (non-hydrogen) atoms. The van der Waals surface area contributed by atoms with Crippen molar-refractivity contribution in [3.8, 4) is 0 Å². The van der Waals surface area contributed by atoms with Crippen molar-refractivity contribution in [1.29, 1.82) is 0 Å². The third-order valence-electron chi connectivity index (χ3n) is 5.49. The van der Waals surface area contributed by atoms with E-state index in [0.717, 1.165) is 35.7 Å². The monoisotopic (exact) mass is 341 g/mol. The van der Waals surface area contributed by atoms with Crippen LogP contribution in [0.2, 0.25) is 0 Å². The average molecular weight is 341 g/mol. The fourth-order valence-corrected chi connectivity index (χ4v) is 4.17. The van der Waals surface area contributed by atoms with E-state index >= 15 is 0 Å². The topological polar surface area (TPSA) is 83.9 Å². The van der Waals surface area contributed by atoms with Gasteiger partial charge in [-0.3, -0.25) is 9.59 Å². The quantitative estimate of drug-likeness (QED) is 0.902. The Morgan fingerprint density at radius 2 is 2.08 bits per heavy atom. The van der Waals surface area contributed by atoms with Gasteiger partial charge in [0.25, 0.3) is 5.56 Å². The molecule has 2 aliphatic heterocycles. The largest absolute Gasteiger partial charge is 0.334 e. The van der Waals surface area contributed by atoms with Gasteiger partial charge in [-0.25, -0.2) is 9.97 Å². The fraction of sp³-hybridized carbons (Fsp3) is 0.556. The molecule has 1 amide bonds. The Balaban J connectivity index is 1.63. The number of rotatable bonds is 3. The zero-order chi connectivity index (χ0) is 17.6. The molecule has 7 nitrogen and oxygen atoms in total. The van der Waals surface area contributed by atoms with Crippen LogP contribution in [0.1, 0.15) is 42.7 Å². The van der Waals surface area contributed by atoms with Crippen LogP contribution >= 0.6 is 0 Å². The normalized spacial score (nSPS) is 21.9. The van der Waals surface area contributed by atoms with Gasteiger partial charge in [0, 0.05) is 49.3 Å². The smallest absolute Gasteiger partial charge is 0.254 e. The molecule has 1 saturated heterocycles. The van der Waals surface area contributed by atoms with Gasteiger partial charge in [-0.1, -0.05) is 6.92 Å². The Morgan fingerprint density at radius 3 is 2.76 bits per heavy atom. The van der Waals surface area contributed by atoms with Gasteiger partial charge >= 0.3 is 0 Å². The van der Waals surface area contributed by atoms with E-state index in [-0.39, 0.29) is 23.6 Å². The van der Waals surface area contributed by atoms with E-state index in [1.54, 1.807) is 6.20 Å². The summed E-state index contributed by atoms with van der Waals surface area (Å²) in [7, 11) is 0. The average Bonchev–Trinajstić information content (AvgIpc) is 3.10. The maximum atomic E-state index is 13.0. The molecular weight excluding hydrogens is 318 g/mol. The summed E-state index contributed by atoms with van der Waals surface area (Å²) in [6.07, 6.45) is 7.47. The first kappa shape index (κ1) is 16.1. The minimum atomic E-state index is -0.0350. The molecule has 0 spiro atoms. The summed E-state index contributed by atoms with van der Waals surface area (Å²) < 4.78 is 1.88. The second-order valence-corrected chi connectivity index (χ2v) is 6.99. The molecule has 0 radical (unpaired) electrons. The SMILES string of the molecule is CCc1nc2c(c(=O)[nH]1)C[C@H]1CC[C@@H](C2)N1C(=O)Cn1ccnc1C. The van der Waals surface area contributed by atoms with Gasteiger partial charge in [-0.2, -0.15) is 0 Å². The number of fused-ring (bicyclic) bond motifs is 3. The Morgan fingerprint density at radius 1 is 1.32 bits per heavy atom. The molecule has 0 saturated carbocycles. The molecule has 0 aromatic carbocycles. The molecule has 1 fully saturated rings. The van der Waals surface area contributed by atoms with Gasteiger partial charge in [0.1, 0.15) is 18.2 Å². The van der Waals surface area contributed by atoms with Crippen molar-refractivity contribution in [3.05, 3.63) is 45.7 Å². The molecule has 0 unspecified atom stereocenters. The number of amides is 1. The first-order valence-electron chi connectivity index (χ1n) is 8.96. The molecule has 2 aromatic rings. The zero-order valence-corrected chi connectivity index (χ0v) is 14.7. The van der Waals surface area contributed by atoms with Gasteiger partial charge in [-0.15, -0.1) is 0 Å². The summed E-state index contributed by atoms with van der Waals surface area (Å²) in [6, 6.07) is 0.236. The summed E-state index contributed by atoms with van der Waals surface area (Å²) in [5, 5.41) is 0. The number of aryl methyl sites for hydroxylation is 2. The van der Waals surface area contributed by atoms with Crippen molar-refractivity contribution in [2.24, 2.45) is 0 Å². The number of imidazole rings is 1. The van der Waals surface area contributed by atoms with Crippen molar-refractivity contribution in [3.63, 3.8) is 0 Å². The Kier molecular flexibility index (Phi) is 3.94. The molecule has 132 valence electrons. The highest BCUT2D eigenvalue weighted by atomic mass is 16.2. The second kappa shape index (κ2) is 6.13. The van der Waals surface area contributed by atoms with E-state index in [9.17, 15) is 9.59 Å². The number of carbonyl (C=O) groups is 1. The summed E-state index contributed by atoms with van der Waals surface area (Å²) in [5.74, 6) is 1.67. The Bertz CT molecular complexity index is 869. The van der Waals surface area contributed by atoms with Crippen LogP contribution in [0.15, 0.2) is 17.2 Å². The van der Waals surface area contributed by atoms with E-state index in [1.165, 1.54) is 0 Å². The van der Waals surface area contributed by atoms with E-state index in [4.69, 9.17) is 0 Å². The lowest BCUT2D eigenvalue weighted by atomic mass is 9.98. The third-order valence-corrected chi connectivity index (χ3v) is 5.49. The van der Waals surface area contributed by atoms with Crippen LogP contribution in [0.4, 0.5) is 0 Å². The highest BCUT2D eigenvalue weighted by Crippen LogP contribution is 2.32. The van der Waals surface area contributed by atoms with Crippen molar-refractivity contribution >= 4 is 5.91 Å². The van der Waals surface area contributed by atoms with Crippen LogP contribution < -0.4 is 5.56 Å². The molecule has 2 aromatic heterocycles. The van der Waals surface area contributed by atoms with Crippen LogP contribution in [0.5, 0.6) is 0 Å². The minimum Gasteiger partial charge on any atom is -0.334 e. The molecule has 1 N–H and O–H groups in total. The lowest BCUT2D eigenvalue weighted by Gasteiger charge is -2.28. The van der Waals surface area contributed by atoms with Crippen molar-refractivity contribution in [2.75, 3.05) is 0 Å². The second-order valence-electron chi connectivity index (χ2n) is 6.99. The van der Waals surface area contributed by atoms with E-state index in [2.05, 4.69) is 15.0 Å². The summed E-state index contributed by atoms with van der Waals surface area (Å²) >= 11 is 0. The van der Waals surface area contributed by atoms with E-state index in [0.29, 0.717) is 25.8 Å². The molecule has 2 aliphatic rings. The number of H-pyrrole nitrogens is 1. The summed E-state index contributed by atoms with van der Waals surface area (Å²) in [6.45, 7) is 4.19. The van der Waals surface area contributed by atoms with Gasteiger partial charge < -0.3 is 14.5 Å². The van der Waals surface area contributed by atoms with Gasteiger partial charge in [0.05, 0.1) is 5.69 Å². The first-order chi connectivity index (χ1) is 12.1. The number of aromatic nitrogens is 4. The molecule has 2 bridgehead atoms. The van der Waals surface area contributed by atoms with Crippen molar-refractivity contribution in [1.82, 2.24) is 24.4 Å². The molecule has 0 aliphatic carbocycles. The van der Waals surface area contributed by atoms with Crippen molar-refractivity contribution in [2.45, 2.75) is 64.6 Å². The molecule has 4 rings (SSSR count). The lowest BCUT2D eigenvalue weighted by molar-refractivity contribution is -0.134. The lowest BCUT2D eigenvalue weighted by Crippen LogP contribution is -2.43. The number of hydrogen-bond donors (Lipinski definition) is 1. The predicted octanol–water partition coefficient (Wildman–Crippen LogP) is 0.996. The molecule has 2 atom stereocenters. The van der Waals surface area contributed by atoms with Crippen LogP contribution in [0.25, 0.3) is 0 Å². The number of carbonyl (C=O) groups excluding carboxylic acids is 1. The van der Waals surface area contributed by atoms with Gasteiger partial charge in [-0.05, 0) is 19.8 Å². The van der Waals surface area contributed by atoms with Crippen LogP contribution in [0, 0.1) is 6.92 Å². The highest BCUT2D eigenvalue weighted by molar-refractivity contribution is 5.77. The van der Waals surface area contributed by atoms with Crippen molar-refractivity contribution < 1.29 is 4.79 Å². The molecule has 4 heterocycles.